The Hall–Kier alpha value is -2.78. The molecular formula is C26H33N5O4. The molecule has 5 heterocycles. The van der Waals surface area contributed by atoms with Crippen molar-refractivity contribution >= 4 is 29.3 Å². The highest BCUT2D eigenvalue weighted by molar-refractivity contribution is 6.23. The lowest BCUT2D eigenvalue weighted by Crippen LogP contribution is -2.61. The molecule has 1 atom stereocenters. The van der Waals surface area contributed by atoms with E-state index < -0.39 is 23.8 Å². The molecule has 1 spiro atoms. The second-order valence-electron chi connectivity index (χ2n) is 11.0. The number of hydrogen-bond acceptors (Lipinski definition) is 7. The van der Waals surface area contributed by atoms with Crippen molar-refractivity contribution in [3.63, 3.8) is 0 Å². The quantitative estimate of drug-likeness (QED) is 0.621. The van der Waals surface area contributed by atoms with Gasteiger partial charge in [-0.2, -0.15) is 0 Å². The molecule has 5 aliphatic heterocycles. The third-order valence-electron chi connectivity index (χ3n) is 8.71. The molecule has 0 bridgehead atoms. The Morgan fingerprint density at radius 2 is 1.63 bits per heavy atom. The fourth-order valence-corrected chi connectivity index (χ4v) is 6.67. The maximum Gasteiger partial charge on any atom is 0.262 e. The van der Waals surface area contributed by atoms with Crippen LogP contribution in [0.1, 0.15) is 59.2 Å². The van der Waals surface area contributed by atoms with Gasteiger partial charge in [0.25, 0.3) is 11.8 Å². The van der Waals surface area contributed by atoms with Gasteiger partial charge in [-0.25, -0.2) is 0 Å². The largest absolute Gasteiger partial charge is 0.371 e. The third kappa shape index (κ3) is 4.04. The van der Waals surface area contributed by atoms with Gasteiger partial charge in [0.2, 0.25) is 11.8 Å². The lowest BCUT2D eigenvalue weighted by Gasteiger charge is -2.55. The number of rotatable bonds is 4. The zero-order valence-electron chi connectivity index (χ0n) is 20.1. The molecular weight excluding hydrogens is 446 g/mol. The molecule has 186 valence electrons. The Morgan fingerprint density at radius 1 is 0.914 bits per heavy atom. The number of imide groups is 2. The summed E-state index contributed by atoms with van der Waals surface area (Å²) in [5.74, 6) is -1.00. The van der Waals surface area contributed by atoms with Crippen molar-refractivity contribution in [3.05, 3.63) is 29.3 Å². The summed E-state index contributed by atoms with van der Waals surface area (Å²) < 4.78 is 0. The molecule has 0 radical (unpaired) electrons. The summed E-state index contributed by atoms with van der Waals surface area (Å²) in [6, 6.07) is 4.51. The van der Waals surface area contributed by atoms with Gasteiger partial charge in [0.15, 0.2) is 0 Å². The van der Waals surface area contributed by atoms with Crippen molar-refractivity contribution in [2.75, 3.05) is 50.7 Å². The van der Waals surface area contributed by atoms with Crippen molar-refractivity contribution in [1.82, 2.24) is 20.4 Å². The average Bonchev–Trinajstić information content (AvgIpc) is 3.09. The Balaban J connectivity index is 1.08. The number of hydrogen-bond donors (Lipinski definition) is 2. The summed E-state index contributed by atoms with van der Waals surface area (Å²) in [4.78, 5) is 55.8. The van der Waals surface area contributed by atoms with Gasteiger partial charge in [0, 0.05) is 44.8 Å². The van der Waals surface area contributed by atoms with Crippen LogP contribution in [0, 0.1) is 11.3 Å². The van der Waals surface area contributed by atoms with Gasteiger partial charge >= 0.3 is 0 Å². The Labute approximate surface area is 205 Å². The van der Waals surface area contributed by atoms with Gasteiger partial charge in [-0.1, -0.05) is 0 Å². The summed E-state index contributed by atoms with van der Waals surface area (Å²) in [5, 5.41) is 5.69. The van der Waals surface area contributed by atoms with Crippen molar-refractivity contribution in [2.45, 2.75) is 44.6 Å². The second kappa shape index (κ2) is 8.71. The molecule has 0 aliphatic carbocycles. The summed E-state index contributed by atoms with van der Waals surface area (Å²) in [5.41, 5.74) is 2.07. The van der Waals surface area contributed by atoms with Gasteiger partial charge in [-0.15, -0.1) is 0 Å². The smallest absolute Gasteiger partial charge is 0.262 e. The monoisotopic (exact) mass is 479 g/mol. The maximum absolute atomic E-state index is 13.1. The Morgan fingerprint density at radius 3 is 2.34 bits per heavy atom. The van der Waals surface area contributed by atoms with Crippen LogP contribution in [0.5, 0.6) is 0 Å². The standard InChI is InChI=1S/C26H33N5O4/c32-22-4-3-21(23(33)28-22)31-24(34)19-2-1-18(13-20(19)25(31)35)30-11-7-26(8-12-30)15-29(16-26)14-17-5-9-27-10-6-17/h1-2,13,17,21,27H,3-12,14-16H2,(H,28,32,33). The van der Waals surface area contributed by atoms with Gasteiger partial charge in [0.1, 0.15) is 6.04 Å². The van der Waals surface area contributed by atoms with Crippen LogP contribution < -0.4 is 15.5 Å². The number of likely N-dealkylation sites (tertiary alicyclic amines) is 1. The lowest BCUT2D eigenvalue weighted by atomic mass is 9.71. The second-order valence-corrected chi connectivity index (χ2v) is 11.0. The first-order chi connectivity index (χ1) is 16.9. The number of amides is 4. The van der Waals surface area contributed by atoms with Crippen LogP contribution in [-0.4, -0.2) is 85.3 Å². The SMILES string of the molecule is O=C1CCC(N2C(=O)c3ccc(N4CCC5(CC4)CN(CC4CCNCC4)C5)cc3C2=O)C(=O)N1. The van der Waals surface area contributed by atoms with Crippen molar-refractivity contribution in [2.24, 2.45) is 11.3 Å². The molecule has 9 heteroatoms. The van der Waals surface area contributed by atoms with Crippen LogP contribution in [0.2, 0.25) is 0 Å². The highest BCUT2D eigenvalue weighted by Gasteiger charge is 2.47. The van der Waals surface area contributed by atoms with E-state index in [0.717, 1.165) is 55.5 Å². The molecule has 0 aromatic heterocycles. The molecule has 0 saturated carbocycles. The predicted molar refractivity (Wildman–Crippen MR) is 129 cm³/mol. The van der Waals surface area contributed by atoms with Crippen molar-refractivity contribution in [1.29, 1.82) is 0 Å². The highest BCUT2D eigenvalue weighted by Crippen LogP contribution is 2.42. The molecule has 9 nitrogen and oxygen atoms in total. The fourth-order valence-electron chi connectivity index (χ4n) is 6.67. The number of nitrogens with zero attached hydrogens (tertiary/aromatic N) is 3. The molecule has 2 N–H and O–H groups in total. The summed E-state index contributed by atoms with van der Waals surface area (Å²) in [6.07, 6.45) is 5.16. The minimum Gasteiger partial charge on any atom is -0.371 e. The van der Waals surface area contributed by atoms with E-state index in [1.54, 1.807) is 6.07 Å². The van der Waals surface area contributed by atoms with Crippen LogP contribution in [0.15, 0.2) is 18.2 Å². The minimum atomic E-state index is -0.926. The van der Waals surface area contributed by atoms with E-state index in [4.69, 9.17) is 0 Å². The lowest BCUT2D eigenvalue weighted by molar-refractivity contribution is -0.136. The first kappa shape index (κ1) is 22.7. The third-order valence-corrected chi connectivity index (χ3v) is 8.71. The van der Waals surface area contributed by atoms with Crippen LogP contribution in [-0.2, 0) is 9.59 Å². The van der Waals surface area contributed by atoms with E-state index in [0.29, 0.717) is 16.5 Å². The first-order valence-electron chi connectivity index (χ1n) is 13.0. The van der Waals surface area contributed by atoms with E-state index in [1.165, 1.54) is 32.5 Å². The number of nitrogens with one attached hydrogen (secondary N) is 2. The van der Waals surface area contributed by atoms with Crippen LogP contribution in [0.4, 0.5) is 5.69 Å². The summed E-state index contributed by atoms with van der Waals surface area (Å²) in [7, 11) is 0. The molecule has 1 aromatic rings. The number of fused-ring (bicyclic) bond motifs is 1. The topological polar surface area (TPSA) is 102 Å². The molecule has 4 saturated heterocycles. The molecule has 4 amide bonds. The van der Waals surface area contributed by atoms with Crippen molar-refractivity contribution < 1.29 is 19.2 Å². The zero-order valence-corrected chi connectivity index (χ0v) is 20.1. The fraction of sp³-hybridized carbons (Fsp3) is 0.615. The van der Waals surface area contributed by atoms with Crippen molar-refractivity contribution in [3.8, 4) is 0 Å². The molecule has 6 rings (SSSR count). The van der Waals surface area contributed by atoms with Crippen LogP contribution >= 0.6 is 0 Å². The van der Waals surface area contributed by atoms with Gasteiger partial charge < -0.3 is 15.1 Å². The zero-order chi connectivity index (χ0) is 24.2. The molecule has 35 heavy (non-hydrogen) atoms. The van der Waals surface area contributed by atoms with E-state index in [-0.39, 0.29) is 18.7 Å². The predicted octanol–water partition coefficient (Wildman–Crippen LogP) is 0.990. The number of piperidine rings is 3. The average molecular weight is 480 g/mol. The summed E-state index contributed by atoms with van der Waals surface area (Å²) in [6.45, 7) is 7.82. The number of anilines is 1. The van der Waals surface area contributed by atoms with Crippen LogP contribution in [0.25, 0.3) is 0 Å². The van der Waals surface area contributed by atoms with E-state index in [9.17, 15) is 19.2 Å². The normalized spacial score (nSPS) is 27.3. The van der Waals surface area contributed by atoms with Crippen LogP contribution in [0.3, 0.4) is 0 Å². The highest BCUT2D eigenvalue weighted by atomic mass is 16.2. The molecule has 1 aromatic carbocycles. The minimum absolute atomic E-state index is 0.125. The molecule has 4 fully saturated rings. The molecule has 5 aliphatic rings. The van der Waals surface area contributed by atoms with E-state index in [2.05, 4.69) is 20.4 Å². The Bertz CT molecular complexity index is 1070. The molecule has 1 unspecified atom stereocenters. The van der Waals surface area contributed by atoms with Gasteiger partial charge in [0.05, 0.1) is 11.1 Å². The van der Waals surface area contributed by atoms with Gasteiger partial charge in [-0.05, 0) is 74.7 Å². The maximum atomic E-state index is 13.1. The number of carbonyl (C=O) groups excluding carboxylic acids is 4. The first-order valence-corrected chi connectivity index (χ1v) is 13.0. The number of carbonyl (C=O) groups is 4. The van der Waals surface area contributed by atoms with E-state index >= 15 is 0 Å². The van der Waals surface area contributed by atoms with E-state index in [1.807, 2.05) is 12.1 Å². The Kier molecular flexibility index (Phi) is 5.64. The van der Waals surface area contributed by atoms with Gasteiger partial charge in [-0.3, -0.25) is 29.4 Å². The number of benzene rings is 1. The summed E-state index contributed by atoms with van der Waals surface area (Å²) >= 11 is 0.